The summed E-state index contributed by atoms with van der Waals surface area (Å²) in [5.41, 5.74) is -0.441. The van der Waals surface area contributed by atoms with Crippen molar-refractivity contribution < 1.29 is 29.3 Å². The predicted octanol–water partition coefficient (Wildman–Crippen LogP) is 0.810. The molecule has 0 aromatic heterocycles. The molecule has 1 saturated heterocycles. The van der Waals surface area contributed by atoms with Gasteiger partial charge in [0, 0.05) is 6.42 Å². The highest BCUT2D eigenvalue weighted by molar-refractivity contribution is 5.87. The first-order valence-corrected chi connectivity index (χ1v) is 8.04. The fraction of sp³-hybridized carbons (Fsp3) is 0.529. The SMILES string of the molecule is O=C(O)c1ccc(O[C@@H]2CCOC[C@H]2NC(=O)C2(CO)CC2)cc1. The third-order valence-corrected chi connectivity index (χ3v) is 4.64. The first-order chi connectivity index (χ1) is 11.5. The van der Waals surface area contributed by atoms with Crippen molar-refractivity contribution in [3.05, 3.63) is 29.8 Å². The molecule has 24 heavy (non-hydrogen) atoms. The van der Waals surface area contributed by atoms with Crippen LogP contribution in [0.25, 0.3) is 0 Å². The molecular weight excluding hydrogens is 314 g/mol. The van der Waals surface area contributed by atoms with Crippen molar-refractivity contribution in [2.24, 2.45) is 5.41 Å². The normalized spacial score (nSPS) is 24.9. The number of aliphatic hydroxyl groups is 1. The van der Waals surface area contributed by atoms with Gasteiger partial charge in [0.2, 0.25) is 5.91 Å². The first-order valence-electron chi connectivity index (χ1n) is 8.04. The molecule has 1 aliphatic heterocycles. The van der Waals surface area contributed by atoms with Gasteiger partial charge in [-0.15, -0.1) is 0 Å². The van der Waals surface area contributed by atoms with Gasteiger partial charge in [0.25, 0.3) is 0 Å². The third-order valence-electron chi connectivity index (χ3n) is 4.64. The molecule has 1 saturated carbocycles. The Bertz CT molecular complexity index is 610. The molecule has 1 aromatic carbocycles. The van der Waals surface area contributed by atoms with Crippen LogP contribution in [0.15, 0.2) is 24.3 Å². The molecule has 130 valence electrons. The zero-order valence-corrected chi connectivity index (χ0v) is 13.2. The van der Waals surface area contributed by atoms with Gasteiger partial charge in [0.05, 0.1) is 36.8 Å². The summed E-state index contributed by atoms with van der Waals surface area (Å²) in [6.45, 7) is 0.745. The number of ether oxygens (including phenoxy) is 2. The lowest BCUT2D eigenvalue weighted by atomic mass is 10.0. The molecule has 2 atom stereocenters. The summed E-state index contributed by atoms with van der Waals surface area (Å²) < 4.78 is 11.4. The quantitative estimate of drug-likeness (QED) is 0.710. The van der Waals surface area contributed by atoms with Crippen LogP contribution in [0, 0.1) is 5.41 Å². The van der Waals surface area contributed by atoms with E-state index in [1.54, 1.807) is 12.1 Å². The van der Waals surface area contributed by atoms with E-state index in [-0.39, 0.29) is 30.2 Å². The van der Waals surface area contributed by atoms with Gasteiger partial charge in [-0.05, 0) is 37.1 Å². The number of carboxylic acids is 1. The summed E-state index contributed by atoms with van der Waals surface area (Å²) in [5, 5.41) is 21.2. The topological polar surface area (TPSA) is 105 Å². The van der Waals surface area contributed by atoms with Crippen LogP contribution >= 0.6 is 0 Å². The Labute approximate surface area is 139 Å². The Morgan fingerprint density at radius 2 is 2.00 bits per heavy atom. The van der Waals surface area contributed by atoms with Gasteiger partial charge in [-0.25, -0.2) is 4.79 Å². The first kappa shape index (κ1) is 16.7. The molecule has 2 fully saturated rings. The monoisotopic (exact) mass is 335 g/mol. The lowest BCUT2D eigenvalue weighted by molar-refractivity contribution is -0.131. The van der Waals surface area contributed by atoms with Crippen LogP contribution in [-0.2, 0) is 9.53 Å². The number of hydrogen-bond acceptors (Lipinski definition) is 5. The van der Waals surface area contributed by atoms with Crippen LogP contribution in [0.5, 0.6) is 5.75 Å². The Balaban J connectivity index is 1.64. The zero-order chi connectivity index (χ0) is 17.2. The van der Waals surface area contributed by atoms with Crippen LogP contribution in [0.4, 0.5) is 0 Å². The third kappa shape index (κ3) is 3.52. The molecule has 1 aromatic rings. The molecule has 0 spiro atoms. The van der Waals surface area contributed by atoms with E-state index in [0.717, 1.165) is 0 Å². The predicted molar refractivity (Wildman–Crippen MR) is 83.9 cm³/mol. The van der Waals surface area contributed by atoms with Crippen molar-refractivity contribution in [1.82, 2.24) is 5.32 Å². The van der Waals surface area contributed by atoms with Crippen molar-refractivity contribution >= 4 is 11.9 Å². The lowest BCUT2D eigenvalue weighted by Gasteiger charge is -2.33. The zero-order valence-electron chi connectivity index (χ0n) is 13.2. The van der Waals surface area contributed by atoms with Crippen molar-refractivity contribution in [1.29, 1.82) is 0 Å². The van der Waals surface area contributed by atoms with Crippen molar-refractivity contribution in [3.8, 4) is 5.75 Å². The number of aromatic carboxylic acids is 1. The van der Waals surface area contributed by atoms with Crippen molar-refractivity contribution in [2.45, 2.75) is 31.4 Å². The molecule has 7 heteroatoms. The number of amides is 1. The summed E-state index contributed by atoms with van der Waals surface area (Å²) in [6, 6.07) is 5.88. The van der Waals surface area contributed by atoms with Gasteiger partial charge in [-0.2, -0.15) is 0 Å². The average molecular weight is 335 g/mol. The average Bonchev–Trinajstić information content (AvgIpc) is 3.38. The van der Waals surface area contributed by atoms with E-state index in [2.05, 4.69) is 5.32 Å². The minimum absolute atomic E-state index is 0.144. The second-order valence-electron chi connectivity index (χ2n) is 6.37. The van der Waals surface area contributed by atoms with Gasteiger partial charge in [-0.3, -0.25) is 4.79 Å². The maximum atomic E-state index is 12.3. The van der Waals surface area contributed by atoms with Gasteiger partial charge < -0.3 is 25.0 Å². The van der Waals surface area contributed by atoms with E-state index in [4.69, 9.17) is 14.6 Å². The minimum Gasteiger partial charge on any atom is -0.488 e. The summed E-state index contributed by atoms with van der Waals surface area (Å²) in [5.74, 6) is -0.596. The van der Waals surface area contributed by atoms with Gasteiger partial charge in [-0.1, -0.05) is 0 Å². The van der Waals surface area contributed by atoms with Gasteiger partial charge >= 0.3 is 5.97 Å². The number of benzene rings is 1. The number of carbonyl (C=O) groups excluding carboxylic acids is 1. The van der Waals surface area contributed by atoms with Crippen LogP contribution < -0.4 is 10.1 Å². The van der Waals surface area contributed by atoms with E-state index in [9.17, 15) is 14.7 Å². The van der Waals surface area contributed by atoms with Crippen LogP contribution in [0.2, 0.25) is 0 Å². The number of carbonyl (C=O) groups is 2. The second kappa shape index (κ2) is 6.78. The minimum atomic E-state index is -0.989. The Morgan fingerprint density at radius 3 is 2.58 bits per heavy atom. The molecule has 3 rings (SSSR count). The molecule has 1 amide bonds. The largest absolute Gasteiger partial charge is 0.488 e. The molecule has 3 N–H and O–H groups in total. The molecule has 1 aliphatic carbocycles. The van der Waals surface area contributed by atoms with Crippen molar-refractivity contribution in [2.75, 3.05) is 19.8 Å². The number of carboxylic acid groups (broad SMARTS) is 1. The molecule has 7 nitrogen and oxygen atoms in total. The fourth-order valence-corrected chi connectivity index (χ4v) is 2.77. The van der Waals surface area contributed by atoms with Gasteiger partial charge in [0.1, 0.15) is 11.9 Å². The molecule has 0 unspecified atom stereocenters. The highest BCUT2D eigenvalue weighted by Gasteiger charge is 2.50. The van der Waals surface area contributed by atoms with E-state index in [1.165, 1.54) is 12.1 Å². The smallest absolute Gasteiger partial charge is 0.335 e. The summed E-state index contributed by atoms with van der Waals surface area (Å²) in [7, 11) is 0. The molecular formula is C17H21NO6. The fourth-order valence-electron chi connectivity index (χ4n) is 2.77. The lowest BCUT2D eigenvalue weighted by Crippen LogP contribution is -2.53. The standard InChI is InChI=1S/C17H21NO6/c19-10-17(6-7-17)16(22)18-13-9-23-8-5-14(13)24-12-3-1-11(2-4-12)15(20)21/h1-4,13-14,19H,5-10H2,(H,18,22)(H,20,21)/t13-,14-/m1/s1. The Kier molecular flexibility index (Phi) is 4.73. The van der Waals surface area contributed by atoms with Crippen LogP contribution in [-0.4, -0.2) is 54.1 Å². The molecule has 0 bridgehead atoms. The highest BCUT2D eigenvalue weighted by Crippen LogP contribution is 2.45. The highest BCUT2D eigenvalue weighted by atomic mass is 16.5. The maximum absolute atomic E-state index is 12.3. The number of aliphatic hydroxyl groups excluding tert-OH is 1. The van der Waals surface area contributed by atoms with Crippen LogP contribution in [0.1, 0.15) is 29.6 Å². The van der Waals surface area contributed by atoms with E-state index in [1.807, 2.05) is 0 Å². The Morgan fingerprint density at radius 1 is 1.29 bits per heavy atom. The number of nitrogens with one attached hydrogen (secondary N) is 1. The van der Waals surface area contributed by atoms with E-state index in [0.29, 0.717) is 38.2 Å². The van der Waals surface area contributed by atoms with Crippen molar-refractivity contribution in [3.63, 3.8) is 0 Å². The Hall–Kier alpha value is -2.12. The number of hydrogen-bond donors (Lipinski definition) is 3. The summed E-state index contributed by atoms with van der Waals surface area (Å²) in [4.78, 5) is 23.2. The van der Waals surface area contributed by atoms with E-state index >= 15 is 0 Å². The molecule has 1 heterocycles. The second-order valence-corrected chi connectivity index (χ2v) is 6.37. The summed E-state index contributed by atoms with van der Waals surface area (Å²) in [6.07, 6.45) is 1.77. The molecule has 2 aliphatic rings. The van der Waals surface area contributed by atoms with Gasteiger partial charge in [0.15, 0.2) is 0 Å². The summed E-state index contributed by atoms with van der Waals surface area (Å²) >= 11 is 0. The van der Waals surface area contributed by atoms with Crippen LogP contribution in [0.3, 0.4) is 0 Å². The molecule has 0 radical (unpaired) electrons. The number of rotatable bonds is 6. The maximum Gasteiger partial charge on any atom is 0.335 e. The van der Waals surface area contributed by atoms with E-state index < -0.39 is 11.4 Å².